The van der Waals surface area contributed by atoms with E-state index in [1.165, 1.54) is 18.2 Å². The topological polar surface area (TPSA) is 117 Å². The molecule has 18 heavy (non-hydrogen) atoms. The number of ether oxygens (including phenoxy) is 1. The summed E-state index contributed by atoms with van der Waals surface area (Å²) in [6.07, 6.45) is -3.23. The molecule has 0 heterocycles. The van der Waals surface area contributed by atoms with Crippen molar-refractivity contribution in [1.29, 1.82) is 5.26 Å². The smallest absolute Gasteiger partial charge is 0.270 e. The molecular formula is C11H12N2O5. The Morgan fingerprint density at radius 1 is 1.56 bits per heavy atom. The first-order valence-electron chi connectivity index (χ1n) is 5.18. The Balaban J connectivity index is 3.23. The van der Waals surface area contributed by atoms with Crippen LogP contribution in [0.15, 0.2) is 18.2 Å². The Bertz CT molecular complexity index is 483. The van der Waals surface area contributed by atoms with E-state index in [1.54, 1.807) is 6.92 Å². The summed E-state index contributed by atoms with van der Waals surface area (Å²) in [7, 11) is 0. The lowest BCUT2D eigenvalue weighted by Gasteiger charge is -2.16. The molecule has 0 amide bonds. The van der Waals surface area contributed by atoms with E-state index in [9.17, 15) is 20.3 Å². The summed E-state index contributed by atoms with van der Waals surface area (Å²) < 4.78 is 5.18. The molecule has 7 nitrogen and oxygen atoms in total. The normalized spacial score (nSPS) is 13.4. The van der Waals surface area contributed by atoms with Crippen molar-refractivity contribution in [1.82, 2.24) is 0 Å². The first kappa shape index (κ1) is 13.9. The van der Waals surface area contributed by atoms with Crippen molar-refractivity contribution in [2.24, 2.45) is 0 Å². The Kier molecular flexibility index (Phi) is 4.59. The molecule has 0 fully saturated rings. The van der Waals surface area contributed by atoms with Crippen molar-refractivity contribution in [3.63, 3.8) is 0 Å². The molecule has 0 saturated carbocycles. The van der Waals surface area contributed by atoms with E-state index in [2.05, 4.69) is 0 Å². The van der Waals surface area contributed by atoms with Crippen LogP contribution in [0.25, 0.3) is 0 Å². The molecule has 0 aliphatic rings. The highest BCUT2D eigenvalue weighted by molar-refractivity contribution is 5.45. The van der Waals surface area contributed by atoms with Crippen LogP contribution in [-0.4, -0.2) is 27.8 Å². The van der Waals surface area contributed by atoms with Crippen LogP contribution in [-0.2, 0) is 0 Å². The Morgan fingerprint density at radius 2 is 2.22 bits per heavy atom. The molecule has 1 aromatic rings. The zero-order valence-electron chi connectivity index (χ0n) is 9.61. The zero-order chi connectivity index (χ0) is 13.7. The maximum absolute atomic E-state index is 10.6. The maximum Gasteiger partial charge on any atom is 0.270 e. The van der Waals surface area contributed by atoms with Crippen LogP contribution in [0, 0.1) is 21.4 Å². The standard InChI is InChI=1S/C11H12N2O5/c1-2-18-10-4-3-7(13(16)17)5-8(10)11(15)9(14)6-12/h3-5,9,11,14-15H,2H2,1H3. The van der Waals surface area contributed by atoms with E-state index < -0.39 is 17.1 Å². The van der Waals surface area contributed by atoms with Crippen LogP contribution < -0.4 is 4.74 Å². The van der Waals surface area contributed by atoms with Crippen LogP contribution in [0.1, 0.15) is 18.6 Å². The van der Waals surface area contributed by atoms with Gasteiger partial charge >= 0.3 is 0 Å². The summed E-state index contributed by atoms with van der Waals surface area (Å²) in [4.78, 5) is 10.0. The number of hydrogen-bond donors (Lipinski definition) is 2. The Labute approximate surface area is 103 Å². The van der Waals surface area contributed by atoms with Gasteiger partial charge in [-0.15, -0.1) is 0 Å². The van der Waals surface area contributed by atoms with E-state index in [-0.39, 0.29) is 17.0 Å². The average Bonchev–Trinajstić information content (AvgIpc) is 2.37. The molecule has 0 bridgehead atoms. The van der Waals surface area contributed by atoms with Gasteiger partial charge in [0.25, 0.3) is 5.69 Å². The van der Waals surface area contributed by atoms with Crippen LogP contribution in [0.4, 0.5) is 5.69 Å². The summed E-state index contributed by atoms with van der Waals surface area (Å²) >= 11 is 0. The second-order valence-electron chi connectivity index (χ2n) is 3.43. The van der Waals surface area contributed by atoms with E-state index in [0.29, 0.717) is 6.61 Å². The molecular weight excluding hydrogens is 240 g/mol. The number of nitro benzene ring substituents is 1. The predicted molar refractivity (Wildman–Crippen MR) is 60.8 cm³/mol. The van der Waals surface area contributed by atoms with Gasteiger partial charge in [-0.1, -0.05) is 0 Å². The van der Waals surface area contributed by atoms with Gasteiger partial charge in [-0.05, 0) is 13.0 Å². The number of nitriles is 1. The second-order valence-corrected chi connectivity index (χ2v) is 3.43. The molecule has 1 aromatic carbocycles. The molecule has 2 atom stereocenters. The fourth-order valence-electron chi connectivity index (χ4n) is 1.41. The molecule has 0 aliphatic carbocycles. The third-order valence-electron chi connectivity index (χ3n) is 2.25. The van der Waals surface area contributed by atoms with Gasteiger partial charge in [0, 0.05) is 17.7 Å². The van der Waals surface area contributed by atoms with Crippen molar-refractivity contribution in [2.45, 2.75) is 19.1 Å². The molecule has 0 saturated heterocycles. The van der Waals surface area contributed by atoms with Crippen molar-refractivity contribution < 1.29 is 19.9 Å². The van der Waals surface area contributed by atoms with Gasteiger partial charge in [-0.2, -0.15) is 5.26 Å². The van der Waals surface area contributed by atoms with Crippen LogP contribution in [0.3, 0.4) is 0 Å². The highest BCUT2D eigenvalue weighted by Crippen LogP contribution is 2.31. The third-order valence-corrected chi connectivity index (χ3v) is 2.25. The van der Waals surface area contributed by atoms with Gasteiger partial charge in [-0.3, -0.25) is 10.1 Å². The molecule has 0 aromatic heterocycles. The number of aliphatic hydroxyl groups excluding tert-OH is 2. The monoisotopic (exact) mass is 252 g/mol. The van der Waals surface area contributed by atoms with Gasteiger partial charge in [0.2, 0.25) is 0 Å². The number of nitro groups is 1. The Hall–Kier alpha value is -2.17. The minimum Gasteiger partial charge on any atom is -0.493 e. The lowest BCUT2D eigenvalue weighted by Crippen LogP contribution is -2.17. The molecule has 0 radical (unpaired) electrons. The van der Waals surface area contributed by atoms with Gasteiger partial charge in [-0.25, -0.2) is 0 Å². The molecule has 2 N–H and O–H groups in total. The molecule has 1 rings (SSSR count). The van der Waals surface area contributed by atoms with Crippen LogP contribution in [0.5, 0.6) is 5.75 Å². The van der Waals surface area contributed by atoms with Crippen molar-refractivity contribution in [3.8, 4) is 11.8 Å². The predicted octanol–water partition coefficient (Wildman–Crippen LogP) is 0.911. The fourth-order valence-corrected chi connectivity index (χ4v) is 1.41. The summed E-state index contributed by atoms with van der Waals surface area (Å²) in [5, 5.41) is 38.2. The summed E-state index contributed by atoms with van der Waals surface area (Å²) in [6.45, 7) is 2.00. The lowest BCUT2D eigenvalue weighted by atomic mass is 10.0. The zero-order valence-corrected chi connectivity index (χ0v) is 9.61. The maximum atomic E-state index is 10.6. The molecule has 96 valence electrons. The number of rotatable bonds is 5. The first-order valence-corrected chi connectivity index (χ1v) is 5.18. The van der Waals surface area contributed by atoms with Gasteiger partial charge < -0.3 is 14.9 Å². The summed E-state index contributed by atoms with van der Waals surface area (Å²) in [5.74, 6) is 0.199. The third kappa shape index (κ3) is 2.94. The van der Waals surface area contributed by atoms with Crippen LogP contribution >= 0.6 is 0 Å². The summed E-state index contributed by atoms with van der Waals surface area (Å²) in [6, 6.07) is 5.09. The molecule has 0 aliphatic heterocycles. The second kappa shape index (κ2) is 5.95. The van der Waals surface area contributed by atoms with Crippen molar-refractivity contribution in [2.75, 3.05) is 6.61 Å². The van der Waals surface area contributed by atoms with E-state index >= 15 is 0 Å². The average molecular weight is 252 g/mol. The molecule has 2 unspecified atom stereocenters. The lowest BCUT2D eigenvalue weighted by molar-refractivity contribution is -0.385. The number of hydrogen-bond acceptors (Lipinski definition) is 6. The van der Waals surface area contributed by atoms with Gasteiger partial charge in [0.1, 0.15) is 11.9 Å². The largest absolute Gasteiger partial charge is 0.493 e. The Morgan fingerprint density at radius 3 is 2.72 bits per heavy atom. The minimum atomic E-state index is -1.67. The summed E-state index contributed by atoms with van der Waals surface area (Å²) in [5.41, 5.74) is -0.238. The quantitative estimate of drug-likeness (QED) is 0.457. The van der Waals surface area contributed by atoms with Gasteiger partial charge in [0.15, 0.2) is 6.10 Å². The molecule has 0 spiro atoms. The van der Waals surface area contributed by atoms with E-state index in [4.69, 9.17) is 10.00 Å². The number of nitrogens with zero attached hydrogens (tertiary/aromatic N) is 2. The SMILES string of the molecule is CCOc1ccc([N+](=O)[O-])cc1C(O)C(O)C#N. The highest BCUT2D eigenvalue weighted by atomic mass is 16.6. The minimum absolute atomic E-state index is 0.0140. The fraction of sp³-hybridized carbons (Fsp3) is 0.364. The molecule has 7 heteroatoms. The van der Waals surface area contributed by atoms with Crippen LogP contribution in [0.2, 0.25) is 0 Å². The first-order chi connectivity index (χ1) is 8.51. The highest BCUT2D eigenvalue weighted by Gasteiger charge is 2.24. The van der Waals surface area contributed by atoms with Crippen molar-refractivity contribution in [3.05, 3.63) is 33.9 Å². The number of aliphatic hydroxyl groups is 2. The van der Waals surface area contributed by atoms with E-state index in [1.807, 2.05) is 0 Å². The number of benzene rings is 1. The number of non-ortho nitro benzene ring substituents is 1. The van der Waals surface area contributed by atoms with Crippen molar-refractivity contribution >= 4 is 5.69 Å². The van der Waals surface area contributed by atoms with Gasteiger partial charge in [0.05, 0.1) is 17.6 Å². The van der Waals surface area contributed by atoms with E-state index in [0.717, 1.165) is 6.07 Å².